The Labute approximate surface area is 166 Å². The highest BCUT2D eigenvalue weighted by molar-refractivity contribution is 7.99. The SMILES string of the molecule is COc1cc2nc(C=[SH]c3nc4ccc(Cl)cc4s3)[nH]c(=O)c2cc1OC. The minimum atomic E-state index is -0.238. The van der Waals surface area contributed by atoms with Crippen LogP contribution in [0.15, 0.2) is 39.5 Å². The minimum Gasteiger partial charge on any atom is -0.493 e. The molecule has 9 heteroatoms. The second-order valence-electron chi connectivity index (χ2n) is 5.54. The number of halogens is 1. The van der Waals surface area contributed by atoms with E-state index in [4.69, 9.17) is 21.1 Å². The number of H-pyrrole nitrogens is 1. The van der Waals surface area contributed by atoms with Gasteiger partial charge in [-0.2, -0.15) is 0 Å². The van der Waals surface area contributed by atoms with Crippen LogP contribution in [0.4, 0.5) is 0 Å². The Kier molecular flexibility index (Phi) is 4.86. The van der Waals surface area contributed by atoms with Crippen molar-refractivity contribution in [3.05, 3.63) is 51.5 Å². The molecule has 1 N–H and O–H groups in total. The largest absolute Gasteiger partial charge is 0.493 e. The third-order valence-corrected chi connectivity index (χ3v) is 6.21. The maximum atomic E-state index is 12.4. The predicted molar refractivity (Wildman–Crippen MR) is 113 cm³/mol. The maximum absolute atomic E-state index is 12.4. The van der Waals surface area contributed by atoms with Gasteiger partial charge >= 0.3 is 0 Å². The summed E-state index contributed by atoms with van der Waals surface area (Å²) in [6.07, 6.45) is 0. The van der Waals surface area contributed by atoms with Gasteiger partial charge in [0, 0.05) is 16.5 Å². The van der Waals surface area contributed by atoms with Crippen LogP contribution < -0.4 is 15.0 Å². The van der Waals surface area contributed by atoms with Crippen LogP contribution in [-0.4, -0.2) is 34.5 Å². The molecule has 0 saturated carbocycles. The summed E-state index contributed by atoms with van der Waals surface area (Å²) in [7, 11) is 3.07. The number of thiazole rings is 1. The number of fused-ring (bicyclic) bond motifs is 2. The zero-order valence-corrected chi connectivity index (χ0v) is 16.8. The lowest BCUT2D eigenvalue weighted by molar-refractivity contribution is 0.355. The summed E-state index contributed by atoms with van der Waals surface area (Å²) < 4.78 is 12.4. The highest BCUT2D eigenvalue weighted by Gasteiger charge is 2.10. The van der Waals surface area contributed by atoms with Crippen LogP contribution >= 0.6 is 34.3 Å². The molecular formula is C18H14ClN3O3S2. The summed E-state index contributed by atoms with van der Waals surface area (Å²) >= 11 is 8.41. The van der Waals surface area contributed by atoms with Crippen LogP contribution in [-0.2, 0) is 0 Å². The van der Waals surface area contributed by atoms with Gasteiger partial charge in [0.2, 0.25) is 0 Å². The summed E-state index contributed by atoms with van der Waals surface area (Å²) in [5.41, 5.74) is 1.20. The number of nitrogens with one attached hydrogen (secondary N) is 1. The highest BCUT2D eigenvalue weighted by atomic mass is 35.5. The van der Waals surface area contributed by atoms with Gasteiger partial charge in [-0.25, -0.2) is 9.97 Å². The lowest BCUT2D eigenvalue weighted by Crippen LogP contribution is -2.11. The van der Waals surface area contributed by atoms with Gasteiger partial charge in [-0.05, 0) is 24.3 Å². The quantitative estimate of drug-likeness (QED) is 0.388. The van der Waals surface area contributed by atoms with Crippen LogP contribution in [0, 0.1) is 0 Å². The molecule has 0 aliphatic carbocycles. The van der Waals surface area contributed by atoms with Crippen molar-refractivity contribution < 1.29 is 9.47 Å². The monoisotopic (exact) mass is 419 g/mol. The first-order valence-electron chi connectivity index (χ1n) is 7.83. The van der Waals surface area contributed by atoms with Gasteiger partial charge in [0.05, 0.1) is 35.3 Å². The number of methoxy groups -OCH3 is 2. The van der Waals surface area contributed by atoms with E-state index < -0.39 is 0 Å². The third-order valence-electron chi connectivity index (χ3n) is 3.87. The minimum absolute atomic E-state index is 0.238. The molecule has 0 fully saturated rings. The van der Waals surface area contributed by atoms with Gasteiger partial charge in [-0.15, -0.1) is 22.7 Å². The highest BCUT2D eigenvalue weighted by Crippen LogP contribution is 2.30. The van der Waals surface area contributed by atoms with Crippen molar-refractivity contribution in [1.82, 2.24) is 15.0 Å². The van der Waals surface area contributed by atoms with E-state index in [1.165, 1.54) is 7.11 Å². The molecule has 4 rings (SSSR count). The number of ether oxygens (including phenoxy) is 2. The van der Waals surface area contributed by atoms with E-state index in [2.05, 4.69) is 15.0 Å². The number of aromatic nitrogens is 3. The number of thiol groups is 1. The van der Waals surface area contributed by atoms with Gasteiger partial charge in [0.1, 0.15) is 10.2 Å². The van der Waals surface area contributed by atoms with Crippen LogP contribution in [0.5, 0.6) is 11.5 Å². The summed E-state index contributed by atoms with van der Waals surface area (Å²) in [6, 6.07) is 8.92. The Morgan fingerprint density at radius 2 is 1.89 bits per heavy atom. The maximum Gasteiger partial charge on any atom is 0.259 e. The second-order valence-corrected chi connectivity index (χ2v) is 8.25. The van der Waals surface area contributed by atoms with Crippen molar-refractivity contribution in [3.8, 4) is 11.5 Å². The third kappa shape index (κ3) is 3.55. The molecule has 0 unspecified atom stereocenters. The molecule has 0 aliphatic heterocycles. The summed E-state index contributed by atoms with van der Waals surface area (Å²) in [5, 5.41) is 2.94. The van der Waals surface area contributed by atoms with E-state index in [9.17, 15) is 4.79 Å². The number of aromatic amines is 1. The van der Waals surface area contributed by atoms with Gasteiger partial charge in [-0.1, -0.05) is 11.6 Å². The van der Waals surface area contributed by atoms with E-state index in [-0.39, 0.29) is 5.56 Å². The predicted octanol–water partition coefficient (Wildman–Crippen LogP) is 3.88. The first-order chi connectivity index (χ1) is 13.1. The normalized spacial score (nSPS) is 11.8. The van der Waals surface area contributed by atoms with Crippen molar-refractivity contribution in [1.29, 1.82) is 0 Å². The van der Waals surface area contributed by atoms with Gasteiger partial charge < -0.3 is 14.5 Å². The molecule has 6 nitrogen and oxygen atoms in total. The average Bonchev–Trinajstić information content (AvgIpc) is 3.07. The van der Waals surface area contributed by atoms with Crippen molar-refractivity contribution in [2.75, 3.05) is 14.2 Å². The summed E-state index contributed by atoms with van der Waals surface area (Å²) in [6.45, 7) is 0. The van der Waals surface area contributed by atoms with Gasteiger partial charge in [-0.3, -0.25) is 4.79 Å². The van der Waals surface area contributed by atoms with Crippen LogP contribution in [0.2, 0.25) is 5.02 Å². The van der Waals surface area contributed by atoms with Crippen molar-refractivity contribution in [2.24, 2.45) is 0 Å². The average molecular weight is 420 g/mol. The van der Waals surface area contributed by atoms with E-state index in [0.29, 0.717) is 33.2 Å². The Balaban J connectivity index is 1.74. The molecule has 0 spiro atoms. The lowest BCUT2D eigenvalue weighted by Gasteiger charge is -2.08. The molecule has 0 atom stereocenters. The number of benzene rings is 2. The van der Waals surface area contributed by atoms with E-state index >= 15 is 0 Å². The standard InChI is InChI=1S/C18H14ClN3O3S2/c1-24-13-6-10-12(7-14(13)25-2)20-16(22-17(10)23)8-26-18-21-11-4-3-9(19)5-15(11)27-18/h3-8,26H,1-2H3,(H,20,22,23). The summed E-state index contributed by atoms with van der Waals surface area (Å²) in [5.74, 6) is 1.48. The Morgan fingerprint density at radius 3 is 2.67 bits per heavy atom. The van der Waals surface area contributed by atoms with Crippen LogP contribution in [0.25, 0.3) is 21.1 Å². The van der Waals surface area contributed by atoms with Crippen molar-refractivity contribution in [3.63, 3.8) is 0 Å². The topological polar surface area (TPSA) is 77.1 Å². The van der Waals surface area contributed by atoms with E-state index in [1.54, 1.807) is 30.6 Å². The van der Waals surface area contributed by atoms with E-state index in [0.717, 1.165) is 25.9 Å². The molecule has 2 heterocycles. The zero-order valence-electron chi connectivity index (χ0n) is 14.3. The number of hydrogen-bond acceptors (Lipinski definition) is 6. The molecule has 0 amide bonds. The molecular weight excluding hydrogens is 406 g/mol. The van der Waals surface area contributed by atoms with Crippen molar-refractivity contribution >= 4 is 60.8 Å². The first kappa shape index (κ1) is 18.0. The smallest absolute Gasteiger partial charge is 0.259 e. The fraction of sp³-hybridized carbons (Fsp3) is 0.111. The first-order valence-corrected chi connectivity index (χ1v) is 9.99. The molecule has 0 radical (unpaired) electrons. The zero-order chi connectivity index (χ0) is 19.0. The number of rotatable bonds is 4. The van der Waals surface area contributed by atoms with Crippen LogP contribution in [0.1, 0.15) is 5.82 Å². The number of hydrogen-bond donors (Lipinski definition) is 2. The number of nitrogens with zero attached hydrogens (tertiary/aromatic N) is 2. The van der Waals surface area contributed by atoms with Crippen molar-refractivity contribution in [2.45, 2.75) is 4.34 Å². The van der Waals surface area contributed by atoms with Gasteiger partial charge in [0.15, 0.2) is 11.5 Å². The molecule has 0 bridgehead atoms. The molecule has 4 aromatic rings. The Bertz CT molecular complexity index is 1250. The fourth-order valence-corrected chi connectivity index (χ4v) is 4.77. The summed E-state index contributed by atoms with van der Waals surface area (Å²) in [4.78, 5) is 24.3. The second kappa shape index (κ2) is 7.30. The molecule has 138 valence electrons. The molecule has 0 aliphatic rings. The fourth-order valence-electron chi connectivity index (χ4n) is 2.60. The van der Waals surface area contributed by atoms with Crippen LogP contribution in [0.3, 0.4) is 0 Å². The lowest BCUT2D eigenvalue weighted by atomic mass is 10.2. The van der Waals surface area contributed by atoms with Gasteiger partial charge in [0.25, 0.3) is 5.56 Å². The Hall–Kier alpha value is -2.42. The molecule has 27 heavy (non-hydrogen) atoms. The van der Waals surface area contributed by atoms with E-state index in [1.807, 2.05) is 23.6 Å². The molecule has 2 aromatic heterocycles. The molecule has 0 saturated heterocycles. The Morgan fingerprint density at radius 1 is 1.11 bits per heavy atom. The molecule has 2 aromatic carbocycles.